The summed E-state index contributed by atoms with van der Waals surface area (Å²) in [7, 11) is -0.903. The third-order valence-electron chi connectivity index (χ3n) is 5.95. The maximum Gasteiger partial charge on any atom is 0.264 e. The zero-order valence-corrected chi connectivity index (χ0v) is 21.9. The quantitative estimate of drug-likeness (QED) is 0.483. The maximum absolute atomic E-state index is 13.6. The van der Waals surface area contributed by atoms with Gasteiger partial charge in [-0.1, -0.05) is 29.3 Å². The number of hydrogen-bond acceptors (Lipinski definition) is 6. The Morgan fingerprint density at radius 3 is 2.47 bits per heavy atom. The van der Waals surface area contributed by atoms with Gasteiger partial charge in [-0.3, -0.25) is 9.10 Å². The minimum absolute atomic E-state index is 0.106. The second-order valence-electron chi connectivity index (χ2n) is 8.41. The average Bonchev–Trinajstić information content (AvgIpc) is 2.87. The molecule has 3 aromatic carbocycles. The molecular weight excluding hydrogens is 504 g/mol. The molecule has 0 fully saturated rings. The summed E-state index contributed by atoms with van der Waals surface area (Å²) in [5.41, 5.74) is 1.91. The first-order valence-electron chi connectivity index (χ1n) is 11.2. The van der Waals surface area contributed by atoms with E-state index in [1.54, 1.807) is 63.6 Å². The zero-order valence-electron chi connectivity index (χ0n) is 20.3. The predicted octanol–water partition coefficient (Wildman–Crippen LogP) is 4.50. The van der Waals surface area contributed by atoms with Gasteiger partial charge in [0, 0.05) is 10.6 Å². The van der Waals surface area contributed by atoms with Crippen molar-refractivity contribution in [1.29, 1.82) is 0 Å². The maximum atomic E-state index is 13.6. The van der Waals surface area contributed by atoms with Crippen LogP contribution in [0.5, 0.6) is 17.2 Å². The van der Waals surface area contributed by atoms with Crippen molar-refractivity contribution in [2.24, 2.45) is 0 Å². The number of carbonyl (C=O) groups excluding carboxylic acids is 1. The van der Waals surface area contributed by atoms with Crippen molar-refractivity contribution in [3.63, 3.8) is 0 Å². The van der Waals surface area contributed by atoms with Crippen molar-refractivity contribution in [3.05, 3.63) is 76.8 Å². The van der Waals surface area contributed by atoms with Gasteiger partial charge in [0.2, 0.25) is 0 Å². The van der Waals surface area contributed by atoms with E-state index in [0.29, 0.717) is 22.1 Å². The van der Waals surface area contributed by atoms with Gasteiger partial charge in [0.1, 0.15) is 17.2 Å². The van der Waals surface area contributed by atoms with Crippen LogP contribution in [0.25, 0.3) is 0 Å². The van der Waals surface area contributed by atoms with E-state index in [1.807, 2.05) is 6.92 Å². The van der Waals surface area contributed by atoms with Crippen LogP contribution < -0.4 is 23.8 Å². The Morgan fingerprint density at radius 1 is 1.08 bits per heavy atom. The molecule has 0 aliphatic carbocycles. The molecule has 0 saturated carbocycles. The summed E-state index contributed by atoms with van der Waals surface area (Å²) in [6, 6.07) is 16.0. The first-order chi connectivity index (χ1) is 17.1. The molecule has 1 heterocycles. The number of methoxy groups -OCH3 is 2. The van der Waals surface area contributed by atoms with Crippen LogP contribution in [0.1, 0.15) is 24.1 Å². The Morgan fingerprint density at radius 2 is 1.81 bits per heavy atom. The monoisotopic (exact) mass is 530 g/mol. The van der Waals surface area contributed by atoms with Crippen molar-refractivity contribution >= 4 is 33.2 Å². The molecule has 0 unspecified atom stereocenters. The molecule has 0 saturated heterocycles. The number of ether oxygens (including phenoxy) is 3. The SMILES string of the molecule is COc1ccc(OC)c([C@@H](C)NC(=O)[C@H]2CN(S(=O)(=O)c3ccc(C)cc3)c3cc(Cl)ccc3O2)c1. The topological polar surface area (TPSA) is 94.2 Å². The fourth-order valence-corrected chi connectivity index (χ4v) is 5.62. The number of aryl methyl sites for hydroxylation is 1. The smallest absolute Gasteiger partial charge is 0.264 e. The lowest BCUT2D eigenvalue weighted by atomic mass is 10.1. The number of hydrogen-bond donors (Lipinski definition) is 1. The molecule has 1 N–H and O–H groups in total. The number of carbonyl (C=O) groups is 1. The number of anilines is 1. The highest BCUT2D eigenvalue weighted by atomic mass is 35.5. The van der Waals surface area contributed by atoms with E-state index >= 15 is 0 Å². The van der Waals surface area contributed by atoms with Gasteiger partial charge in [-0.2, -0.15) is 0 Å². The third-order valence-corrected chi connectivity index (χ3v) is 7.98. The van der Waals surface area contributed by atoms with Gasteiger partial charge in [0.15, 0.2) is 6.10 Å². The summed E-state index contributed by atoms with van der Waals surface area (Å²) in [4.78, 5) is 13.4. The lowest BCUT2D eigenvalue weighted by Gasteiger charge is -2.35. The number of amides is 1. The van der Waals surface area contributed by atoms with Crippen molar-refractivity contribution in [3.8, 4) is 17.2 Å². The van der Waals surface area contributed by atoms with Gasteiger partial charge in [-0.25, -0.2) is 8.42 Å². The van der Waals surface area contributed by atoms with Crippen LogP contribution in [-0.4, -0.2) is 41.2 Å². The van der Waals surface area contributed by atoms with E-state index < -0.39 is 28.1 Å². The largest absolute Gasteiger partial charge is 0.497 e. The number of rotatable bonds is 7. The lowest BCUT2D eigenvalue weighted by molar-refractivity contribution is -0.128. The van der Waals surface area contributed by atoms with Crippen LogP contribution >= 0.6 is 11.6 Å². The van der Waals surface area contributed by atoms with Crippen molar-refractivity contribution < 1.29 is 27.4 Å². The van der Waals surface area contributed by atoms with E-state index in [-0.39, 0.29) is 22.9 Å². The summed E-state index contributed by atoms with van der Waals surface area (Å²) in [6.45, 7) is 3.45. The fraction of sp³-hybridized carbons (Fsp3) is 0.269. The fourth-order valence-electron chi connectivity index (χ4n) is 3.99. The van der Waals surface area contributed by atoms with Gasteiger partial charge < -0.3 is 19.5 Å². The average molecular weight is 531 g/mol. The van der Waals surface area contributed by atoms with E-state index in [1.165, 1.54) is 22.5 Å². The molecule has 0 spiro atoms. The first-order valence-corrected chi connectivity index (χ1v) is 13.0. The number of sulfonamides is 1. The lowest BCUT2D eigenvalue weighted by Crippen LogP contribution is -2.51. The van der Waals surface area contributed by atoms with Gasteiger partial charge in [-0.15, -0.1) is 0 Å². The highest BCUT2D eigenvalue weighted by Crippen LogP contribution is 2.39. The molecule has 1 aliphatic rings. The zero-order chi connectivity index (χ0) is 26.0. The number of nitrogens with one attached hydrogen (secondary N) is 1. The molecule has 8 nitrogen and oxygen atoms in total. The number of benzene rings is 3. The van der Waals surface area contributed by atoms with Crippen molar-refractivity contribution in [1.82, 2.24) is 5.32 Å². The Kier molecular flexibility index (Phi) is 7.33. The molecule has 1 amide bonds. The minimum Gasteiger partial charge on any atom is -0.497 e. The van der Waals surface area contributed by atoms with Crippen molar-refractivity contribution in [2.45, 2.75) is 30.9 Å². The highest BCUT2D eigenvalue weighted by Gasteiger charge is 2.38. The number of halogens is 1. The second kappa shape index (κ2) is 10.3. The summed E-state index contributed by atoms with van der Waals surface area (Å²) in [5.74, 6) is 0.962. The Labute approximate surface area is 215 Å². The van der Waals surface area contributed by atoms with Gasteiger partial charge >= 0.3 is 0 Å². The van der Waals surface area contributed by atoms with Crippen LogP contribution in [-0.2, 0) is 14.8 Å². The summed E-state index contributed by atoms with van der Waals surface area (Å²) in [6.07, 6.45) is -1.10. The standard InChI is InChI=1S/C26H27ClN2O6S/c1-16-5-9-20(10-6-16)36(31,32)29-15-25(35-24-11-7-18(27)13-22(24)29)26(30)28-17(2)21-14-19(33-3)8-12-23(21)34-4/h5-14,17,25H,15H2,1-4H3,(H,28,30)/t17-,25-/m1/s1. The molecule has 0 bridgehead atoms. The summed E-state index contributed by atoms with van der Waals surface area (Å²) >= 11 is 6.17. The van der Waals surface area contributed by atoms with Gasteiger partial charge in [0.05, 0.1) is 37.4 Å². The van der Waals surface area contributed by atoms with E-state index in [4.69, 9.17) is 25.8 Å². The van der Waals surface area contributed by atoms with E-state index in [0.717, 1.165) is 5.56 Å². The molecule has 4 rings (SSSR count). The van der Waals surface area contributed by atoms with Crippen LogP contribution in [0.15, 0.2) is 65.6 Å². The first kappa shape index (κ1) is 25.7. The Hall–Kier alpha value is -3.43. The molecule has 36 heavy (non-hydrogen) atoms. The predicted molar refractivity (Wildman–Crippen MR) is 138 cm³/mol. The second-order valence-corrected chi connectivity index (χ2v) is 10.7. The van der Waals surface area contributed by atoms with E-state index in [9.17, 15) is 13.2 Å². The molecular formula is C26H27ClN2O6S. The summed E-state index contributed by atoms with van der Waals surface area (Å²) < 4.78 is 45.0. The van der Waals surface area contributed by atoms with Crippen LogP contribution in [0.4, 0.5) is 5.69 Å². The Balaban J connectivity index is 1.64. The van der Waals surface area contributed by atoms with Crippen LogP contribution in [0.2, 0.25) is 5.02 Å². The molecule has 190 valence electrons. The molecule has 3 aromatic rings. The van der Waals surface area contributed by atoms with Gasteiger partial charge in [0.25, 0.3) is 15.9 Å². The molecule has 2 atom stereocenters. The van der Waals surface area contributed by atoms with E-state index in [2.05, 4.69) is 5.32 Å². The molecule has 10 heteroatoms. The normalized spacial score (nSPS) is 15.9. The molecule has 1 aliphatic heterocycles. The van der Waals surface area contributed by atoms with Gasteiger partial charge in [-0.05, 0) is 62.4 Å². The van der Waals surface area contributed by atoms with Crippen LogP contribution in [0.3, 0.4) is 0 Å². The molecule has 0 radical (unpaired) electrons. The third kappa shape index (κ3) is 5.08. The number of nitrogens with zero attached hydrogens (tertiary/aromatic N) is 1. The Bertz CT molecular complexity index is 1380. The summed E-state index contributed by atoms with van der Waals surface area (Å²) in [5, 5.41) is 3.26. The molecule has 0 aromatic heterocycles. The van der Waals surface area contributed by atoms with Crippen LogP contribution in [0, 0.1) is 6.92 Å². The highest BCUT2D eigenvalue weighted by molar-refractivity contribution is 7.92. The minimum atomic E-state index is -4.00. The van der Waals surface area contributed by atoms with Crippen molar-refractivity contribution in [2.75, 3.05) is 25.1 Å². The number of fused-ring (bicyclic) bond motifs is 1.